The van der Waals surface area contributed by atoms with Crippen LogP contribution in [-0.2, 0) is 13.0 Å². The summed E-state index contributed by atoms with van der Waals surface area (Å²) >= 11 is 0. The summed E-state index contributed by atoms with van der Waals surface area (Å²) in [4.78, 5) is 6.94. The summed E-state index contributed by atoms with van der Waals surface area (Å²) in [5.74, 6) is 0.889. The summed E-state index contributed by atoms with van der Waals surface area (Å²) in [6.07, 6.45) is 2.67. The van der Waals surface area contributed by atoms with E-state index in [4.69, 9.17) is 15.5 Å². The second-order valence-electron chi connectivity index (χ2n) is 5.92. The van der Waals surface area contributed by atoms with Crippen LogP contribution < -0.4 is 10.5 Å². The van der Waals surface area contributed by atoms with E-state index in [0.29, 0.717) is 0 Å². The van der Waals surface area contributed by atoms with Crippen LogP contribution in [0.15, 0.2) is 42.6 Å². The van der Waals surface area contributed by atoms with E-state index in [2.05, 4.69) is 29.5 Å². The first kappa shape index (κ1) is 15.4. The van der Waals surface area contributed by atoms with E-state index in [-0.39, 0.29) is 0 Å². The molecule has 3 rings (SSSR count). The Morgan fingerprint density at radius 1 is 1.17 bits per heavy atom. The summed E-state index contributed by atoms with van der Waals surface area (Å²) in [7, 11) is 5.81. The van der Waals surface area contributed by atoms with Crippen molar-refractivity contribution in [3.05, 3.63) is 59.5 Å². The Morgan fingerprint density at radius 2 is 1.96 bits per heavy atom. The molecule has 2 N–H and O–H groups in total. The molecule has 0 aliphatic carbocycles. The third-order valence-electron chi connectivity index (χ3n) is 3.84. The summed E-state index contributed by atoms with van der Waals surface area (Å²) in [5, 5.41) is 0. The van der Waals surface area contributed by atoms with Crippen molar-refractivity contribution in [2.75, 3.05) is 26.9 Å². The van der Waals surface area contributed by atoms with Crippen molar-refractivity contribution >= 4 is 11.3 Å². The Hall–Kier alpha value is -2.53. The van der Waals surface area contributed by atoms with Crippen molar-refractivity contribution < 1.29 is 4.74 Å². The zero-order valence-corrected chi connectivity index (χ0v) is 13.8. The van der Waals surface area contributed by atoms with Crippen LogP contribution in [0.1, 0.15) is 17.0 Å². The van der Waals surface area contributed by atoms with Crippen LogP contribution in [0.4, 0.5) is 5.69 Å². The Balaban J connectivity index is 2.08. The first-order chi connectivity index (χ1) is 11.1. The Bertz CT molecular complexity index is 823. The number of aromatic nitrogens is 2. The van der Waals surface area contributed by atoms with Gasteiger partial charge in [-0.2, -0.15) is 0 Å². The fourth-order valence-corrected chi connectivity index (χ4v) is 2.80. The third-order valence-corrected chi connectivity index (χ3v) is 3.84. The van der Waals surface area contributed by atoms with E-state index in [1.54, 1.807) is 7.11 Å². The van der Waals surface area contributed by atoms with Crippen molar-refractivity contribution in [3.8, 4) is 5.75 Å². The van der Waals surface area contributed by atoms with Crippen LogP contribution in [0.2, 0.25) is 0 Å². The van der Waals surface area contributed by atoms with Gasteiger partial charge in [0.05, 0.1) is 18.5 Å². The van der Waals surface area contributed by atoms with E-state index < -0.39 is 0 Å². The highest BCUT2D eigenvalue weighted by molar-refractivity contribution is 5.51. The smallest absolute Gasteiger partial charge is 0.137 e. The topological polar surface area (TPSA) is 55.8 Å². The molecule has 2 heterocycles. The summed E-state index contributed by atoms with van der Waals surface area (Å²) < 4.78 is 7.55. The molecule has 120 valence electrons. The molecule has 5 nitrogen and oxygen atoms in total. The normalized spacial score (nSPS) is 11.3. The molecule has 2 aromatic heterocycles. The van der Waals surface area contributed by atoms with E-state index in [1.807, 2.05) is 36.5 Å². The van der Waals surface area contributed by atoms with Gasteiger partial charge in [0.2, 0.25) is 0 Å². The molecule has 0 atom stereocenters. The van der Waals surface area contributed by atoms with Gasteiger partial charge in [-0.3, -0.25) is 0 Å². The van der Waals surface area contributed by atoms with Crippen LogP contribution in [0.3, 0.4) is 0 Å². The first-order valence-electron chi connectivity index (χ1n) is 7.60. The summed E-state index contributed by atoms with van der Waals surface area (Å²) in [6.45, 7) is 0.801. The molecule has 3 aromatic rings. The number of benzene rings is 1. The first-order valence-corrected chi connectivity index (χ1v) is 7.60. The number of nitrogens with two attached hydrogens (primary N) is 1. The molecule has 0 radical (unpaired) electrons. The SMILES string of the molecule is COc1ccccc1Cc1nc2ccc(N)cn2c1CN(C)C. The maximum Gasteiger partial charge on any atom is 0.137 e. The Labute approximate surface area is 136 Å². The molecule has 1 aromatic carbocycles. The second-order valence-corrected chi connectivity index (χ2v) is 5.92. The molecule has 0 saturated heterocycles. The molecule has 23 heavy (non-hydrogen) atoms. The molecule has 0 saturated carbocycles. The van der Waals surface area contributed by atoms with Crippen molar-refractivity contribution in [3.63, 3.8) is 0 Å². The van der Waals surface area contributed by atoms with Gasteiger partial charge in [0.1, 0.15) is 11.4 Å². The number of nitrogens with zero attached hydrogens (tertiary/aromatic N) is 3. The number of methoxy groups -OCH3 is 1. The van der Waals surface area contributed by atoms with Gasteiger partial charge in [-0.05, 0) is 32.3 Å². The van der Waals surface area contributed by atoms with Gasteiger partial charge >= 0.3 is 0 Å². The number of pyridine rings is 1. The highest BCUT2D eigenvalue weighted by atomic mass is 16.5. The van der Waals surface area contributed by atoms with Crippen molar-refractivity contribution in [1.82, 2.24) is 14.3 Å². The monoisotopic (exact) mass is 310 g/mol. The summed E-state index contributed by atoms with van der Waals surface area (Å²) in [5.41, 5.74) is 10.9. The van der Waals surface area contributed by atoms with Crippen molar-refractivity contribution in [1.29, 1.82) is 0 Å². The average molecular weight is 310 g/mol. The fraction of sp³-hybridized carbons (Fsp3) is 0.278. The predicted octanol–water partition coefficient (Wildman–Crippen LogP) is 2.58. The maximum absolute atomic E-state index is 5.95. The lowest BCUT2D eigenvalue weighted by molar-refractivity contribution is 0.393. The Morgan fingerprint density at radius 3 is 2.70 bits per heavy atom. The average Bonchev–Trinajstić information content (AvgIpc) is 2.84. The van der Waals surface area contributed by atoms with Gasteiger partial charge in [0.15, 0.2) is 0 Å². The van der Waals surface area contributed by atoms with E-state index in [0.717, 1.165) is 47.0 Å². The molecular formula is C18H22N4O. The van der Waals surface area contributed by atoms with Gasteiger partial charge in [0, 0.05) is 30.4 Å². The Kier molecular flexibility index (Phi) is 4.21. The number of hydrogen-bond acceptors (Lipinski definition) is 4. The lowest BCUT2D eigenvalue weighted by Gasteiger charge is -2.12. The number of ether oxygens (including phenoxy) is 1. The molecule has 0 unspecified atom stereocenters. The molecule has 0 aliphatic heterocycles. The van der Waals surface area contributed by atoms with Gasteiger partial charge in [0.25, 0.3) is 0 Å². The van der Waals surface area contributed by atoms with Gasteiger partial charge < -0.3 is 19.8 Å². The standard InChI is InChI=1S/C18H22N4O/c1-21(2)12-16-15(10-13-6-4-5-7-17(13)23-3)20-18-9-8-14(19)11-22(16)18/h4-9,11H,10,12,19H2,1-3H3. The minimum atomic E-state index is 0.731. The molecule has 0 amide bonds. The molecule has 0 bridgehead atoms. The molecule has 0 aliphatic rings. The van der Waals surface area contributed by atoms with Gasteiger partial charge in [-0.1, -0.05) is 18.2 Å². The van der Waals surface area contributed by atoms with E-state index >= 15 is 0 Å². The molecule has 5 heteroatoms. The van der Waals surface area contributed by atoms with Gasteiger partial charge in [-0.15, -0.1) is 0 Å². The number of rotatable bonds is 5. The zero-order chi connectivity index (χ0) is 16.4. The van der Waals surface area contributed by atoms with Crippen LogP contribution in [0.5, 0.6) is 5.75 Å². The van der Waals surface area contributed by atoms with Gasteiger partial charge in [-0.25, -0.2) is 4.98 Å². The minimum Gasteiger partial charge on any atom is -0.496 e. The molecular weight excluding hydrogens is 288 g/mol. The van der Waals surface area contributed by atoms with Crippen molar-refractivity contribution in [2.45, 2.75) is 13.0 Å². The van der Waals surface area contributed by atoms with Crippen molar-refractivity contribution in [2.24, 2.45) is 0 Å². The number of anilines is 1. The summed E-state index contributed by atoms with van der Waals surface area (Å²) in [6, 6.07) is 11.9. The lowest BCUT2D eigenvalue weighted by atomic mass is 10.1. The number of para-hydroxylation sites is 1. The van der Waals surface area contributed by atoms with Crippen LogP contribution in [0, 0.1) is 0 Å². The largest absolute Gasteiger partial charge is 0.496 e. The van der Waals surface area contributed by atoms with Crippen LogP contribution in [-0.4, -0.2) is 35.5 Å². The number of fused-ring (bicyclic) bond motifs is 1. The highest BCUT2D eigenvalue weighted by Gasteiger charge is 2.15. The van der Waals surface area contributed by atoms with Crippen LogP contribution in [0.25, 0.3) is 5.65 Å². The second kappa shape index (κ2) is 6.30. The van der Waals surface area contributed by atoms with E-state index in [1.165, 1.54) is 0 Å². The maximum atomic E-state index is 5.95. The number of hydrogen-bond donors (Lipinski definition) is 1. The number of imidazole rings is 1. The minimum absolute atomic E-state index is 0.731. The number of nitrogen functional groups attached to an aromatic ring is 1. The highest BCUT2D eigenvalue weighted by Crippen LogP contribution is 2.24. The zero-order valence-electron chi connectivity index (χ0n) is 13.8. The third kappa shape index (κ3) is 3.14. The van der Waals surface area contributed by atoms with E-state index in [9.17, 15) is 0 Å². The predicted molar refractivity (Wildman–Crippen MR) is 92.8 cm³/mol. The lowest BCUT2D eigenvalue weighted by Crippen LogP contribution is -2.14. The molecule has 0 fully saturated rings. The fourth-order valence-electron chi connectivity index (χ4n) is 2.80. The molecule has 0 spiro atoms. The quantitative estimate of drug-likeness (QED) is 0.787. The van der Waals surface area contributed by atoms with Crippen LogP contribution >= 0.6 is 0 Å².